The zero-order chi connectivity index (χ0) is 11.4. The highest BCUT2D eigenvalue weighted by molar-refractivity contribution is 5.01. The lowest BCUT2D eigenvalue weighted by atomic mass is 10.1. The molecule has 16 heavy (non-hydrogen) atoms. The number of nitrogens with two attached hydrogens (primary N) is 1. The van der Waals surface area contributed by atoms with Crippen molar-refractivity contribution in [2.45, 2.75) is 31.7 Å². The van der Waals surface area contributed by atoms with Crippen molar-refractivity contribution >= 4 is 0 Å². The zero-order valence-corrected chi connectivity index (χ0v) is 10.1. The number of aromatic nitrogens is 2. The summed E-state index contributed by atoms with van der Waals surface area (Å²) < 4.78 is 2.34. The largest absolute Gasteiger partial charge is 0.331 e. The molecule has 2 N–H and O–H groups in total. The van der Waals surface area contributed by atoms with E-state index in [2.05, 4.69) is 21.5 Å². The Morgan fingerprint density at radius 2 is 2.31 bits per heavy atom. The van der Waals surface area contributed by atoms with Crippen molar-refractivity contribution in [1.82, 2.24) is 14.5 Å². The van der Waals surface area contributed by atoms with Gasteiger partial charge in [-0.25, -0.2) is 4.98 Å². The van der Waals surface area contributed by atoms with Crippen molar-refractivity contribution in [3.05, 3.63) is 18.2 Å². The first-order valence-electron chi connectivity index (χ1n) is 6.20. The number of imidazole rings is 1. The van der Waals surface area contributed by atoms with Crippen LogP contribution in [0.2, 0.25) is 0 Å². The Labute approximate surface area is 97.4 Å². The molecule has 0 aromatic carbocycles. The number of hydrogen-bond donors (Lipinski definition) is 1. The first-order chi connectivity index (χ1) is 7.81. The van der Waals surface area contributed by atoms with E-state index in [4.69, 9.17) is 5.73 Å². The van der Waals surface area contributed by atoms with Crippen molar-refractivity contribution in [3.8, 4) is 0 Å². The average Bonchev–Trinajstić information content (AvgIpc) is 2.61. The third-order valence-corrected chi connectivity index (χ3v) is 3.46. The van der Waals surface area contributed by atoms with Crippen LogP contribution in [0.3, 0.4) is 0 Å². The molecule has 1 saturated heterocycles. The van der Waals surface area contributed by atoms with Gasteiger partial charge in [0, 0.05) is 24.4 Å². The molecule has 0 amide bonds. The van der Waals surface area contributed by atoms with Gasteiger partial charge in [0.05, 0.1) is 6.33 Å². The average molecular weight is 222 g/mol. The minimum atomic E-state index is 0.619. The lowest BCUT2D eigenvalue weighted by molar-refractivity contribution is 0.340. The van der Waals surface area contributed by atoms with E-state index in [-0.39, 0.29) is 0 Å². The van der Waals surface area contributed by atoms with Gasteiger partial charge in [-0.3, -0.25) is 0 Å². The molecule has 1 aromatic rings. The second kappa shape index (κ2) is 5.46. The van der Waals surface area contributed by atoms with Crippen molar-refractivity contribution in [3.63, 3.8) is 0 Å². The fourth-order valence-corrected chi connectivity index (χ4v) is 2.50. The zero-order valence-electron chi connectivity index (χ0n) is 10.1. The molecule has 4 nitrogen and oxygen atoms in total. The summed E-state index contributed by atoms with van der Waals surface area (Å²) in [4.78, 5) is 6.68. The van der Waals surface area contributed by atoms with Gasteiger partial charge in [0.1, 0.15) is 0 Å². The molecule has 2 heterocycles. The lowest BCUT2D eigenvalue weighted by Gasteiger charge is -2.19. The van der Waals surface area contributed by atoms with E-state index in [1.165, 1.54) is 38.0 Å². The highest BCUT2D eigenvalue weighted by Gasteiger charge is 2.17. The van der Waals surface area contributed by atoms with Crippen LogP contribution in [0.4, 0.5) is 0 Å². The minimum absolute atomic E-state index is 0.619. The summed E-state index contributed by atoms with van der Waals surface area (Å²) in [5.41, 5.74) is 6.91. The Bertz CT molecular complexity index is 321. The summed E-state index contributed by atoms with van der Waals surface area (Å²) in [6, 6.07) is 0.619. The van der Waals surface area contributed by atoms with Gasteiger partial charge in [0.25, 0.3) is 0 Å². The van der Waals surface area contributed by atoms with Crippen LogP contribution in [-0.4, -0.2) is 41.1 Å². The third kappa shape index (κ3) is 2.62. The van der Waals surface area contributed by atoms with Crippen LogP contribution in [0.5, 0.6) is 0 Å². The summed E-state index contributed by atoms with van der Waals surface area (Å²) >= 11 is 0. The van der Waals surface area contributed by atoms with Gasteiger partial charge in [0.15, 0.2) is 0 Å². The van der Waals surface area contributed by atoms with Crippen molar-refractivity contribution < 1.29 is 0 Å². The van der Waals surface area contributed by atoms with Crippen LogP contribution in [0, 0.1) is 0 Å². The number of nitrogens with zero attached hydrogens (tertiary/aromatic N) is 3. The molecule has 1 fully saturated rings. The predicted molar refractivity (Wildman–Crippen MR) is 65.4 cm³/mol. The van der Waals surface area contributed by atoms with Crippen LogP contribution in [0.15, 0.2) is 12.5 Å². The Hall–Kier alpha value is -0.870. The fraction of sp³-hybridized carbons (Fsp3) is 0.750. The monoisotopic (exact) mass is 222 g/mol. The summed E-state index contributed by atoms with van der Waals surface area (Å²) in [6.07, 6.45) is 8.64. The van der Waals surface area contributed by atoms with Crippen LogP contribution in [0.1, 0.15) is 31.0 Å². The molecule has 1 atom stereocenters. The topological polar surface area (TPSA) is 47.1 Å². The van der Waals surface area contributed by atoms with Crippen LogP contribution in [-0.2, 0) is 6.42 Å². The maximum absolute atomic E-state index is 5.62. The quantitative estimate of drug-likeness (QED) is 0.831. The van der Waals surface area contributed by atoms with Gasteiger partial charge in [-0.15, -0.1) is 0 Å². The first kappa shape index (κ1) is 11.6. The van der Waals surface area contributed by atoms with Gasteiger partial charge in [-0.2, -0.15) is 0 Å². The van der Waals surface area contributed by atoms with E-state index in [0.29, 0.717) is 12.6 Å². The van der Waals surface area contributed by atoms with Crippen molar-refractivity contribution in [2.75, 3.05) is 26.7 Å². The highest BCUT2D eigenvalue weighted by Crippen LogP contribution is 2.23. The van der Waals surface area contributed by atoms with Crippen molar-refractivity contribution in [1.29, 1.82) is 0 Å². The Kier molecular flexibility index (Phi) is 3.96. The molecule has 2 rings (SSSR count). The van der Waals surface area contributed by atoms with Gasteiger partial charge >= 0.3 is 0 Å². The van der Waals surface area contributed by atoms with E-state index in [9.17, 15) is 0 Å². The molecule has 1 aromatic heterocycles. The SMILES string of the molecule is CN1CCCC(n2cncc2CCN)CC1. The fourth-order valence-electron chi connectivity index (χ4n) is 2.50. The normalized spacial score (nSPS) is 23.2. The Morgan fingerprint density at radius 3 is 3.12 bits per heavy atom. The standard InChI is InChI=1S/C12H22N4/c1-15-7-2-3-11(5-8-15)16-10-14-9-12(16)4-6-13/h9-11H,2-8,13H2,1H3. The molecule has 0 saturated carbocycles. The molecule has 0 bridgehead atoms. The summed E-state index contributed by atoms with van der Waals surface area (Å²) in [5.74, 6) is 0. The predicted octanol–water partition coefficient (Wildman–Crippen LogP) is 1.04. The maximum atomic E-state index is 5.62. The second-order valence-electron chi connectivity index (χ2n) is 4.72. The van der Waals surface area contributed by atoms with Gasteiger partial charge < -0.3 is 15.2 Å². The molecule has 90 valence electrons. The molecule has 1 unspecified atom stereocenters. The maximum Gasteiger partial charge on any atom is 0.0950 e. The second-order valence-corrected chi connectivity index (χ2v) is 4.72. The number of rotatable bonds is 3. The highest BCUT2D eigenvalue weighted by atomic mass is 15.1. The van der Waals surface area contributed by atoms with Crippen molar-refractivity contribution in [2.24, 2.45) is 5.73 Å². The first-order valence-corrected chi connectivity index (χ1v) is 6.20. The molecule has 0 radical (unpaired) electrons. The van der Waals surface area contributed by atoms with Gasteiger partial charge in [-0.1, -0.05) is 0 Å². The molecule has 1 aliphatic heterocycles. The summed E-state index contributed by atoms with van der Waals surface area (Å²) in [7, 11) is 2.21. The third-order valence-electron chi connectivity index (χ3n) is 3.46. The smallest absolute Gasteiger partial charge is 0.0950 e. The molecule has 0 aliphatic carbocycles. The lowest BCUT2D eigenvalue weighted by Crippen LogP contribution is -2.19. The molecule has 1 aliphatic rings. The summed E-state index contributed by atoms with van der Waals surface area (Å²) in [6.45, 7) is 3.11. The van der Waals surface area contributed by atoms with Crippen LogP contribution in [0.25, 0.3) is 0 Å². The van der Waals surface area contributed by atoms with E-state index in [0.717, 1.165) is 6.42 Å². The van der Waals surface area contributed by atoms with Crippen LogP contribution < -0.4 is 5.73 Å². The molecule has 4 heteroatoms. The van der Waals surface area contributed by atoms with Gasteiger partial charge in [-0.05, 0) is 45.9 Å². The molecular weight excluding hydrogens is 200 g/mol. The van der Waals surface area contributed by atoms with E-state index >= 15 is 0 Å². The van der Waals surface area contributed by atoms with Gasteiger partial charge in [0.2, 0.25) is 0 Å². The number of hydrogen-bond acceptors (Lipinski definition) is 3. The van der Waals surface area contributed by atoms with E-state index < -0.39 is 0 Å². The molecule has 0 spiro atoms. The number of likely N-dealkylation sites (tertiary alicyclic amines) is 1. The van der Waals surface area contributed by atoms with E-state index in [1.54, 1.807) is 0 Å². The van der Waals surface area contributed by atoms with Crippen LogP contribution >= 0.6 is 0 Å². The Balaban J connectivity index is 2.07. The van der Waals surface area contributed by atoms with E-state index in [1.807, 2.05) is 12.5 Å². The minimum Gasteiger partial charge on any atom is -0.331 e. The Morgan fingerprint density at radius 1 is 1.44 bits per heavy atom. The molecular formula is C12H22N4. The summed E-state index contributed by atoms with van der Waals surface area (Å²) in [5, 5.41) is 0.